The highest BCUT2D eigenvalue weighted by atomic mass is 16.3. The minimum atomic E-state index is -0.0754. The minimum absolute atomic E-state index is 0.0754. The van der Waals surface area contributed by atoms with Gasteiger partial charge in [0, 0.05) is 31.7 Å². The van der Waals surface area contributed by atoms with E-state index in [9.17, 15) is 4.79 Å². The van der Waals surface area contributed by atoms with Crippen molar-refractivity contribution in [1.29, 1.82) is 0 Å². The van der Waals surface area contributed by atoms with E-state index in [0.29, 0.717) is 31.1 Å². The summed E-state index contributed by atoms with van der Waals surface area (Å²) in [6.07, 6.45) is 2.18. The van der Waals surface area contributed by atoms with Crippen molar-refractivity contribution in [2.75, 3.05) is 31.1 Å². The number of amides is 1. The van der Waals surface area contributed by atoms with Gasteiger partial charge in [0.1, 0.15) is 5.76 Å². The summed E-state index contributed by atoms with van der Waals surface area (Å²) in [5, 5.41) is 8.77. The smallest absolute Gasteiger partial charge is 0.276 e. The lowest BCUT2D eigenvalue weighted by Gasteiger charge is -2.22. The quantitative estimate of drug-likeness (QED) is 0.712. The van der Waals surface area contributed by atoms with Gasteiger partial charge in [-0.05, 0) is 25.5 Å². The fraction of sp³-hybridized carbons (Fsp3) is 0.300. The lowest BCUT2D eigenvalue weighted by atomic mass is 10.1. The number of hydrogen-bond acceptors (Lipinski definition) is 6. The molecule has 0 saturated carbocycles. The molecule has 3 aromatic rings. The number of nitrogens with zero attached hydrogens (tertiary/aromatic N) is 5. The van der Waals surface area contributed by atoms with E-state index in [1.807, 2.05) is 47.4 Å². The molecular formula is C20H21N5O2. The molecule has 7 nitrogen and oxygen atoms in total. The molecule has 0 radical (unpaired) electrons. The van der Waals surface area contributed by atoms with Crippen molar-refractivity contribution in [3.05, 3.63) is 60.3 Å². The van der Waals surface area contributed by atoms with E-state index in [2.05, 4.69) is 20.1 Å². The van der Waals surface area contributed by atoms with Gasteiger partial charge in [0.05, 0.1) is 5.69 Å². The molecule has 2 aromatic heterocycles. The van der Waals surface area contributed by atoms with E-state index in [4.69, 9.17) is 4.42 Å². The monoisotopic (exact) mass is 363 g/mol. The molecular weight excluding hydrogens is 342 g/mol. The number of aryl methyl sites for hydroxylation is 1. The number of hydrogen-bond donors (Lipinski definition) is 0. The van der Waals surface area contributed by atoms with E-state index < -0.39 is 0 Å². The Balaban J connectivity index is 1.44. The van der Waals surface area contributed by atoms with Crippen LogP contribution < -0.4 is 4.90 Å². The molecule has 0 unspecified atom stereocenters. The predicted octanol–water partition coefficient (Wildman–Crippen LogP) is 2.79. The van der Waals surface area contributed by atoms with Crippen LogP contribution in [0, 0.1) is 6.92 Å². The standard InChI is InChI=1S/C20H21N5O2/c1-15-19(21-14-27-15)20(26)25-11-5-10-24(12-13-25)18-9-8-17(22-23-18)16-6-3-2-4-7-16/h2-4,6-9,14H,5,10-13H2,1H3. The Morgan fingerprint density at radius 1 is 1.00 bits per heavy atom. The number of aromatic nitrogens is 3. The SMILES string of the molecule is Cc1ocnc1C(=O)N1CCCN(c2ccc(-c3ccccc3)nn2)CC1. The summed E-state index contributed by atoms with van der Waals surface area (Å²) in [6, 6.07) is 14.0. The van der Waals surface area contributed by atoms with Crippen LogP contribution in [-0.4, -0.2) is 52.2 Å². The van der Waals surface area contributed by atoms with Crippen molar-refractivity contribution >= 4 is 11.7 Å². The molecule has 0 atom stereocenters. The Kier molecular flexibility index (Phi) is 4.82. The van der Waals surface area contributed by atoms with E-state index in [-0.39, 0.29) is 5.91 Å². The van der Waals surface area contributed by atoms with Gasteiger partial charge in [-0.25, -0.2) is 4.98 Å². The molecule has 0 aliphatic carbocycles. The largest absolute Gasteiger partial charge is 0.448 e. The molecule has 0 N–H and O–H groups in total. The summed E-state index contributed by atoms with van der Waals surface area (Å²) in [4.78, 5) is 20.7. The van der Waals surface area contributed by atoms with Crippen LogP contribution in [0.1, 0.15) is 22.7 Å². The Bertz CT molecular complexity index is 908. The van der Waals surface area contributed by atoms with Crippen molar-refractivity contribution in [3.8, 4) is 11.3 Å². The molecule has 1 aromatic carbocycles. The van der Waals surface area contributed by atoms with Crippen LogP contribution in [0.3, 0.4) is 0 Å². The molecule has 1 fully saturated rings. The highest BCUT2D eigenvalue weighted by molar-refractivity contribution is 5.93. The highest BCUT2D eigenvalue weighted by Gasteiger charge is 2.24. The minimum Gasteiger partial charge on any atom is -0.448 e. The number of carbonyl (C=O) groups is 1. The van der Waals surface area contributed by atoms with Crippen LogP contribution in [0.2, 0.25) is 0 Å². The predicted molar refractivity (Wildman–Crippen MR) is 101 cm³/mol. The summed E-state index contributed by atoms with van der Waals surface area (Å²) in [7, 11) is 0. The fourth-order valence-electron chi connectivity index (χ4n) is 3.27. The molecule has 138 valence electrons. The number of anilines is 1. The van der Waals surface area contributed by atoms with Crippen molar-refractivity contribution in [2.45, 2.75) is 13.3 Å². The van der Waals surface area contributed by atoms with E-state index in [1.54, 1.807) is 6.92 Å². The summed E-state index contributed by atoms with van der Waals surface area (Å²) in [6.45, 7) is 4.61. The zero-order chi connectivity index (χ0) is 18.6. The fourth-order valence-corrected chi connectivity index (χ4v) is 3.27. The number of carbonyl (C=O) groups excluding carboxylic acids is 1. The van der Waals surface area contributed by atoms with Crippen molar-refractivity contribution in [3.63, 3.8) is 0 Å². The molecule has 1 aliphatic heterocycles. The van der Waals surface area contributed by atoms with Gasteiger partial charge in [0.15, 0.2) is 17.9 Å². The Labute approximate surface area is 157 Å². The Hall–Kier alpha value is -3.22. The second-order valence-electron chi connectivity index (χ2n) is 6.53. The molecule has 0 spiro atoms. The molecule has 3 heterocycles. The van der Waals surface area contributed by atoms with E-state index in [1.165, 1.54) is 6.39 Å². The maximum atomic E-state index is 12.6. The third kappa shape index (κ3) is 3.67. The zero-order valence-electron chi connectivity index (χ0n) is 15.2. The molecule has 7 heteroatoms. The molecule has 4 rings (SSSR count). The van der Waals surface area contributed by atoms with Crippen LogP contribution in [0.15, 0.2) is 53.3 Å². The third-order valence-electron chi connectivity index (χ3n) is 4.77. The van der Waals surface area contributed by atoms with Gasteiger partial charge in [0.25, 0.3) is 5.91 Å². The summed E-state index contributed by atoms with van der Waals surface area (Å²) in [5.41, 5.74) is 2.30. The lowest BCUT2D eigenvalue weighted by Crippen LogP contribution is -2.35. The average molecular weight is 363 g/mol. The van der Waals surface area contributed by atoms with Gasteiger partial charge >= 0.3 is 0 Å². The van der Waals surface area contributed by atoms with Crippen LogP contribution >= 0.6 is 0 Å². The van der Waals surface area contributed by atoms with Crippen LogP contribution in [0.25, 0.3) is 11.3 Å². The third-order valence-corrected chi connectivity index (χ3v) is 4.77. The highest BCUT2D eigenvalue weighted by Crippen LogP contribution is 2.19. The summed E-state index contributed by atoms with van der Waals surface area (Å²) in [5.74, 6) is 1.32. The first-order valence-electron chi connectivity index (χ1n) is 9.06. The van der Waals surface area contributed by atoms with Crippen LogP contribution in [-0.2, 0) is 0 Å². The van der Waals surface area contributed by atoms with E-state index >= 15 is 0 Å². The maximum absolute atomic E-state index is 12.6. The normalized spacial score (nSPS) is 14.9. The topological polar surface area (TPSA) is 75.4 Å². The number of oxazole rings is 1. The first-order valence-corrected chi connectivity index (χ1v) is 9.06. The first kappa shape index (κ1) is 17.2. The molecule has 1 saturated heterocycles. The van der Waals surface area contributed by atoms with Gasteiger partial charge in [-0.1, -0.05) is 30.3 Å². The summed E-state index contributed by atoms with van der Waals surface area (Å²) >= 11 is 0. The van der Waals surface area contributed by atoms with E-state index in [0.717, 1.165) is 30.0 Å². The number of benzene rings is 1. The molecule has 1 aliphatic rings. The number of rotatable bonds is 3. The van der Waals surface area contributed by atoms with Crippen molar-refractivity contribution in [2.24, 2.45) is 0 Å². The maximum Gasteiger partial charge on any atom is 0.276 e. The van der Waals surface area contributed by atoms with Crippen LogP contribution in [0.5, 0.6) is 0 Å². The van der Waals surface area contributed by atoms with Gasteiger partial charge < -0.3 is 14.2 Å². The Morgan fingerprint density at radius 3 is 2.56 bits per heavy atom. The average Bonchev–Trinajstić information content (AvgIpc) is 3.00. The second kappa shape index (κ2) is 7.57. The second-order valence-corrected chi connectivity index (χ2v) is 6.53. The zero-order valence-corrected chi connectivity index (χ0v) is 15.2. The molecule has 1 amide bonds. The Morgan fingerprint density at radius 2 is 1.85 bits per heavy atom. The molecule has 27 heavy (non-hydrogen) atoms. The lowest BCUT2D eigenvalue weighted by molar-refractivity contribution is 0.0760. The van der Waals surface area contributed by atoms with Crippen LogP contribution in [0.4, 0.5) is 5.82 Å². The van der Waals surface area contributed by atoms with Crippen molar-refractivity contribution in [1.82, 2.24) is 20.1 Å². The van der Waals surface area contributed by atoms with Gasteiger partial charge in [-0.3, -0.25) is 4.79 Å². The van der Waals surface area contributed by atoms with Gasteiger partial charge in [-0.2, -0.15) is 0 Å². The van der Waals surface area contributed by atoms with Crippen molar-refractivity contribution < 1.29 is 9.21 Å². The molecule has 0 bridgehead atoms. The van der Waals surface area contributed by atoms with Gasteiger partial charge in [0.2, 0.25) is 0 Å². The van der Waals surface area contributed by atoms with Gasteiger partial charge in [-0.15, -0.1) is 10.2 Å². The summed E-state index contributed by atoms with van der Waals surface area (Å²) < 4.78 is 5.16. The first-order chi connectivity index (χ1) is 13.2.